The van der Waals surface area contributed by atoms with Crippen molar-refractivity contribution in [3.63, 3.8) is 0 Å². The first-order chi connectivity index (χ1) is 5.20. The van der Waals surface area contributed by atoms with E-state index in [4.69, 9.17) is 0 Å². The molecule has 0 N–H and O–H groups in total. The van der Waals surface area contributed by atoms with E-state index in [-0.39, 0.29) is 5.78 Å². The molecular weight excluding hydrogens is 138 g/mol. The molecule has 11 heavy (non-hydrogen) atoms. The highest BCUT2D eigenvalue weighted by atomic mass is 16.1. The Morgan fingerprint density at radius 2 is 2.45 bits per heavy atom. The van der Waals surface area contributed by atoms with Crippen molar-refractivity contribution in [2.75, 3.05) is 0 Å². The van der Waals surface area contributed by atoms with Gasteiger partial charge in [0.1, 0.15) is 5.70 Å². The highest BCUT2D eigenvalue weighted by molar-refractivity contribution is 5.98. The van der Waals surface area contributed by atoms with Gasteiger partial charge >= 0.3 is 0 Å². The number of ketones is 1. The summed E-state index contributed by atoms with van der Waals surface area (Å²) in [4.78, 5) is 15.2. The smallest absolute Gasteiger partial charge is 0.181 e. The third-order valence-corrected chi connectivity index (χ3v) is 1.53. The van der Waals surface area contributed by atoms with Gasteiger partial charge in [0.25, 0.3) is 0 Å². The molecule has 1 aliphatic heterocycles. The molecule has 0 aromatic carbocycles. The molecule has 0 saturated heterocycles. The lowest BCUT2D eigenvalue weighted by atomic mass is 10.1. The molecule has 0 bridgehead atoms. The van der Waals surface area contributed by atoms with Crippen LogP contribution in [0.4, 0.5) is 0 Å². The Labute approximate surface area is 67.0 Å². The van der Waals surface area contributed by atoms with E-state index in [2.05, 4.69) is 4.99 Å². The Bertz CT molecular complexity index is 214. The van der Waals surface area contributed by atoms with E-state index in [1.807, 2.05) is 19.9 Å². The van der Waals surface area contributed by atoms with Crippen molar-refractivity contribution in [2.24, 2.45) is 10.9 Å². The largest absolute Gasteiger partial charge is 0.292 e. The fraction of sp³-hybridized carbons (Fsp3) is 0.556. The Morgan fingerprint density at radius 1 is 1.73 bits per heavy atom. The number of nitrogens with zero attached hydrogens (tertiary/aromatic N) is 1. The third-order valence-electron chi connectivity index (χ3n) is 1.53. The number of hydrogen-bond donors (Lipinski definition) is 0. The first-order valence-corrected chi connectivity index (χ1v) is 3.96. The molecule has 2 nitrogen and oxygen atoms in total. The first-order valence-electron chi connectivity index (χ1n) is 3.96. The van der Waals surface area contributed by atoms with Crippen molar-refractivity contribution in [1.29, 1.82) is 0 Å². The van der Waals surface area contributed by atoms with Crippen LogP contribution in [0.3, 0.4) is 0 Å². The van der Waals surface area contributed by atoms with Gasteiger partial charge in [0, 0.05) is 19.1 Å². The maximum Gasteiger partial charge on any atom is 0.181 e. The second-order valence-electron chi connectivity index (χ2n) is 3.16. The Kier molecular flexibility index (Phi) is 2.58. The molecule has 0 unspecified atom stereocenters. The minimum Gasteiger partial charge on any atom is -0.292 e. The molecule has 1 heterocycles. The van der Waals surface area contributed by atoms with E-state index in [0.29, 0.717) is 18.0 Å². The second kappa shape index (κ2) is 3.46. The fourth-order valence-corrected chi connectivity index (χ4v) is 1.03. The highest BCUT2D eigenvalue weighted by Crippen LogP contribution is 2.12. The van der Waals surface area contributed by atoms with Crippen molar-refractivity contribution in [1.82, 2.24) is 0 Å². The van der Waals surface area contributed by atoms with Gasteiger partial charge in [-0.2, -0.15) is 0 Å². The Morgan fingerprint density at radius 3 is 2.91 bits per heavy atom. The van der Waals surface area contributed by atoms with Gasteiger partial charge in [0.2, 0.25) is 0 Å². The molecule has 0 radical (unpaired) electrons. The molecule has 0 spiro atoms. The molecule has 1 rings (SSSR count). The first kappa shape index (κ1) is 8.18. The van der Waals surface area contributed by atoms with Crippen LogP contribution in [0.15, 0.2) is 16.8 Å². The molecule has 0 atom stereocenters. The third kappa shape index (κ3) is 2.30. The van der Waals surface area contributed by atoms with E-state index in [0.717, 1.165) is 6.42 Å². The van der Waals surface area contributed by atoms with Gasteiger partial charge in [-0.05, 0) is 12.0 Å². The van der Waals surface area contributed by atoms with Gasteiger partial charge in [-0.15, -0.1) is 0 Å². The lowest BCUT2D eigenvalue weighted by Crippen LogP contribution is -2.03. The monoisotopic (exact) mass is 151 g/mol. The van der Waals surface area contributed by atoms with Gasteiger partial charge in [0.15, 0.2) is 5.78 Å². The molecule has 0 saturated carbocycles. The zero-order valence-corrected chi connectivity index (χ0v) is 7.00. The summed E-state index contributed by atoms with van der Waals surface area (Å²) in [5.41, 5.74) is 0.652. The van der Waals surface area contributed by atoms with E-state index in [1.165, 1.54) is 0 Å². The molecule has 60 valence electrons. The number of rotatable bonds is 3. The summed E-state index contributed by atoms with van der Waals surface area (Å²) < 4.78 is 0. The number of allylic oxidation sites excluding steroid dienone is 2. The van der Waals surface area contributed by atoms with Crippen molar-refractivity contribution >= 4 is 12.0 Å². The summed E-state index contributed by atoms with van der Waals surface area (Å²) in [7, 11) is 0. The number of hydrogen-bond acceptors (Lipinski definition) is 2. The highest BCUT2D eigenvalue weighted by Gasteiger charge is 2.11. The van der Waals surface area contributed by atoms with E-state index in [9.17, 15) is 4.79 Å². The van der Waals surface area contributed by atoms with Crippen molar-refractivity contribution in [3.05, 3.63) is 11.8 Å². The Balaban J connectivity index is 2.48. The zero-order chi connectivity index (χ0) is 8.27. The fourth-order valence-electron chi connectivity index (χ4n) is 1.03. The van der Waals surface area contributed by atoms with Crippen LogP contribution in [0, 0.1) is 5.92 Å². The summed E-state index contributed by atoms with van der Waals surface area (Å²) in [6.45, 7) is 4.08. The van der Waals surface area contributed by atoms with Gasteiger partial charge in [-0.25, -0.2) is 0 Å². The summed E-state index contributed by atoms with van der Waals surface area (Å²) in [5.74, 6) is 0.605. The average Bonchev–Trinajstić information content (AvgIpc) is 2.35. The molecule has 2 heteroatoms. The lowest BCUT2D eigenvalue weighted by molar-refractivity contribution is -0.116. The van der Waals surface area contributed by atoms with E-state index in [1.54, 1.807) is 6.21 Å². The normalized spacial score (nSPS) is 15.7. The van der Waals surface area contributed by atoms with Crippen molar-refractivity contribution in [3.8, 4) is 0 Å². The van der Waals surface area contributed by atoms with Crippen molar-refractivity contribution in [2.45, 2.75) is 26.7 Å². The summed E-state index contributed by atoms with van der Waals surface area (Å²) >= 11 is 0. The minimum atomic E-state index is 0.175. The van der Waals surface area contributed by atoms with Gasteiger partial charge in [-0.3, -0.25) is 9.79 Å². The van der Waals surface area contributed by atoms with E-state index >= 15 is 0 Å². The van der Waals surface area contributed by atoms with Gasteiger partial charge < -0.3 is 0 Å². The van der Waals surface area contributed by atoms with Gasteiger partial charge in [-0.1, -0.05) is 13.8 Å². The maximum atomic E-state index is 11.3. The van der Waals surface area contributed by atoms with Crippen LogP contribution in [0.25, 0.3) is 0 Å². The number of aliphatic imine (C=N–C) groups is 1. The van der Waals surface area contributed by atoms with E-state index < -0.39 is 0 Å². The minimum absolute atomic E-state index is 0.175. The molecule has 0 amide bonds. The summed E-state index contributed by atoms with van der Waals surface area (Å²) in [6.07, 6.45) is 5.08. The second-order valence-corrected chi connectivity index (χ2v) is 3.16. The van der Waals surface area contributed by atoms with Crippen LogP contribution >= 0.6 is 0 Å². The summed E-state index contributed by atoms with van der Waals surface area (Å²) in [5, 5.41) is 0. The van der Waals surface area contributed by atoms with Crippen LogP contribution in [0.1, 0.15) is 26.7 Å². The van der Waals surface area contributed by atoms with Crippen LogP contribution in [-0.4, -0.2) is 12.0 Å². The maximum absolute atomic E-state index is 11.3. The lowest BCUT2D eigenvalue weighted by Gasteiger charge is -2.01. The molecule has 1 aliphatic rings. The number of carbonyl (C=O) groups excluding carboxylic acids is 1. The van der Waals surface area contributed by atoms with Crippen LogP contribution in [0.2, 0.25) is 0 Å². The predicted octanol–water partition coefficient (Wildman–Crippen LogP) is 1.96. The van der Waals surface area contributed by atoms with Crippen LogP contribution < -0.4 is 0 Å². The number of Topliss-reactive ketones (excluding diaryl/α,β-unsaturated/α-hetero) is 1. The van der Waals surface area contributed by atoms with Crippen molar-refractivity contribution < 1.29 is 4.79 Å². The molecule has 0 aromatic rings. The quantitative estimate of drug-likeness (QED) is 0.606. The predicted molar refractivity (Wildman–Crippen MR) is 45.7 cm³/mol. The molecule has 0 fully saturated rings. The topological polar surface area (TPSA) is 29.4 Å². The molecular formula is C9H13NO. The average molecular weight is 151 g/mol. The molecule has 0 aliphatic carbocycles. The van der Waals surface area contributed by atoms with Gasteiger partial charge in [0.05, 0.1) is 0 Å². The zero-order valence-electron chi connectivity index (χ0n) is 7.00. The summed E-state index contributed by atoms with van der Waals surface area (Å²) in [6, 6.07) is 0. The van der Waals surface area contributed by atoms with Crippen LogP contribution in [-0.2, 0) is 4.79 Å². The molecule has 0 aromatic heterocycles. The Hall–Kier alpha value is -0.920. The number of carbonyl (C=O) groups is 1. The standard InChI is InChI=1S/C9H13NO/c1-7(2)6-9(11)8-4-3-5-10-8/h4-5,7H,3,6H2,1-2H3. The SMILES string of the molecule is CC(C)CC(=O)C1=CCC=N1. The van der Waals surface area contributed by atoms with Crippen LogP contribution in [0.5, 0.6) is 0 Å².